The van der Waals surface area contributed by atoms with E-state index in [1.54, 1.807) is 0 Å². The molecule has 1 aliphatic carbocycles. The Morgan fingerprint density at radius 2 is 2.05 bits per heavy atom. The predicted octanol–water partition coefficient (Wildman–Crippen LogP) is 2.70. The van der Waals surface area contributed by atoms with Gasteiger partial charge in [0.15, 0.2) is 11.6 Å². The molecule has 0 radical (unpaired) electrons. The molecule has 110 valence electrons. The minimum Gasteiger partial charge on any atom is -0.385 e. The fourth-order valence-corrected chi connectivity index (χ4v) is 3.41. The molecule has 0 aromatic heterocycles. The summed E-state index contributed by atoms with van der Waals surface area (Å²) in [6.45, 7) is 0.990. The first kappa shape index (κ1) is 13.8. The molecule has 20 heavy (non-hydrogen) atoms. The number of anilines is 1. The number of hydrogen-bond donors (Lipinski definition) is 2. The van der Waals surface area contributed by atoms with Crippen molar-refractivity contribution in [3.63, 3.8) is 0 Å². The van der Waals surface area contributed by atoms with E-state index in [4.69, 9.17) is 4.74 Å². The van der Waals surface area contributed by atoms with Crippen molar-refractivity contribution in [2.75, 3.05) is 18.5 Å². The highest BCUT2D eigenvalue weighted by Gasteiger charge is 2.48. The Labute approximate surface area is 116 Å². The smallest absolute Gasteiger partial charge is 0.160 e. The second-order valence-electron chi connectivity index (χ2n) is 5.79. The molecule has 2 N–H and O–H groups in total. The summed E-state index contributed by atoms with van der Waals surface area (Å²) >= 11 is 0. The van der Waals surface area contributed by atoms with Gasteiger partial charge in [-0.15, -0.1) is 0 Å². The maximum atomic E-state index is 13.3. The summed E-state index contributed by atoms with van der Waals surface area (Å²) in [4.78, 5) is 0. The van der Waals surface area contributed by atoms with Gasteiger partial charge in [-0.1, -0.05) is 6.42 Å². The van der Waals surface area contributed by atoms with Crippen LogP contribution in [-0.2, 0) is 4.74 Å². The molecule has 1 heterocycles. The van der Waals surface area contributed by atoms with Gasteiger partial charge in [0.05, 0.1) is 12.6 Å². The van der Waals surface area contributed by atoms with Crippen LogP contribution in [0, 0.1) is 17.6 Å². The van der Waals surface area contributed by atoms with Crippen molar-refractivity contribution in [1.82, 2.24) is 0 Å². The molecule has 1 saturated heterocycles. The van der Waals surface area contributed by atoms with Crippen molar-refractivity contribution in [1.29, 1.82) is 0 Å². The van der Waals surface area contributed by atoms with Crippen molar-refractivity contribution in [2.24, 2.45) is 5.92 Å². The Morgan fingerprint density at radius 1 is 1.20 bits per heavy atom. The molecule has 0 amide bonds. The second-order valence-corrected chi connectivity index (χ2v) is 5.79. The molecule has 1 saturated carbocycles. The topological polar surface area (TPSA) is 41.5 Å². The minimum atomic E-state index is -0.915. The zero-order valence-electron chi connectivity index (χ0n) is 11.2. The van der Waals surface area contributed by atoms with E-state index in [-0.39, 0.29) is 12.0 Å². The zero-order chi connectivity index (χ0) is 14.2. The fourth-order valence-electron chi connectivity index (χ4n) is 3.41. The first-order valence-corrected chi connectivity index (χ1v) is 7.11. The summed E-state index contributed by atoms with van der Waals surface area (Å²) < 4.78 is 31.6. The van der Waals surface area contributed by atoms with E-state index in [9.17, 15) is 13.9 Å². The summed E-state index contributed by atoms with van der Waals surface area (Å²) in [5.41, 5.74) is -0.421. The lowest BCUT2D eigenvalue weighted by Crippen LogP contribution is -2.60. The van der Waals surface area contributed by atoms with Crippen LogP contribution < -0.4 is 5.32 Å². The van der Waals surface area contributed by atoms with Crippen molar-refractivity contribution in [3.8, 4) is 0 Å². The number of ether oxygens (including phenoxy) is 1. The molecule has 1 aromatic carbocycles. The number of hydrogen-bond acceptors (Lipinski definition) is 3. The molecule has 0 unspecified atom stereocenters. The van der Waals surface area contributed by atoms with Crippen molar-refractivity contribution in [3.05, 3.63) is 29.8 Å². The van der Waals surface area contributed by atoms with Gasteiger partial charge in [0.25, 0.3) is 0 Å². The van der Waals surface area contributed by atoms with Crippen LogP contribution in [0.4, 0.5) is 14.5 Å². The average molecular weight is 283 g/mol. The molecule has 0 spiro atoms. The van der Waals surface area contributed by atoms with Crippen LogP contribution in [0.1, 0.15) is 25.7 Å². The lowest BCUT2D eigenvalue weighted by Gasteiger charge is -2.48. The Kier molecular flexibility index (Phi) is 3.65. The quantitative estimate of drug-likeness (QED) is 0.877. The van der Waals surface area contributed by atoms with Gasteiger partial charge in [-0.25, -0.2) is 8.78 Å². The summed E-state index contributed by atoms with van der Waals surface area (Å²) in [5.74, 6) is -1.53. The van der Waals surface area contributed by atoms with Gasteiger partial charge in [-0.05, 0) is 37.3 Å². The Balaban J connectivity index is 1.79. The Morgan fingerprint density at radius 3 is 2.85 bits per heavy atom. The number of rotatable bonds is 2. The van der Waals surface area contributed by atoms with Crippen LogP contribution in [0.25, 0.3) is 0 Å². The minimum absolute atomic E-state index is 0.189. The molecule has 1 aliphatic heterocycles. The molecule has 2 aliphatic rings. The lowest BCUT2D eigenvalue weighted by atomic mass is 9.70. The van der Waals surface area contributed by atoms with E-state index in [2.05, 4.69) is 5.32 Å². The highest BCUT2D eigenvalue weighted by atomic mass is 19.2. The van der Waals surface area contributed by atoms with E-state index in [1.165, 1.54) is 6.07 Å². The molecule has 1 aromatic rings. The maximum Gasteiger partial charge on any atom is 0.160 e. The van der Waals surface area contributed by atoms with Crippen LogP contribution in [0.3, 0.4) is 0 Å². The van der Waals surface area contributed by atoms with E-state index < -0.39 is 17.2 Å². The van der Waals surface area contributed by atoms with Crippen LogP contribution in [0.2, 0.25) is 0 Å². The first-order chi connectivity index (χ1) is 9.59. The van der Waals surface area contributed by atoms with Crippen molar-refractivity contribution in [2.45, 2.75) is 37.3 Å². The number of nitrogens with one attached hydrogen (secondary N) is 1. The molecular formula is C15H19F2NO2. The largest absolute Gasteiger partial charge is 0.385 e. The van der Waals surface area contributed by atoms with E-state index >= 15 is 0 Å². The van der Waals surface area contributed by atoms with E-state index in [1.807, 2.05) is 0 Å². The van der Waals surface area contributed by atoms with E-state index in [0.717, 1.165) is 37.8 Å². The van der Waals surface area contributed by atoms with Gasteiger partial charge in [0, 0.05) is 18.4 Å². The van der Waals surface area contributed by atoms with Crippen LogP contribution in [-0.4, -0.2) is 30.0 Å². The standard InChI is InChI=1S/C15H19F2NO2/c16-12-5-4-11(8-13(12)17)18-14-3-1-2-10-6-7-20-9-15(10,14)19/h4-5,8,10,14,18-19H,1-3,6-7,9H2/t10-,14-,15-/m0/s1. The van der Waals surface area contributed by atoms with Crippen molar-refractivity contribution < 1.29 is 18.6 Å². The van der Waals surface area contributed by atoms with Gasteiger partial charge in [0.1, 0.15) is 5.60 Å². The number of fused-ring (bicyclic) bond motifs is 1. The fraction of sp³-hybridized carbons (Fsp3) is 0.600. The van der Waals surface area contributed by atoms with Crippen LogP contribution >= 0.6 is 0 Å². The second kappa shape index (κ2) is 5.30. The molecular weight excluding hydrogens is 264 g/mol. The summed E-state index contributed by atoms with van der Waals surface area (Å²) in [6.07, 6.45) is 3.67. The first-order valence-electron chi connectivity index (χ1n) is 7.11. The monoisotopic (exact) mass is 283 g/mol. The highest BCUT2D eigenvalue weighted by molar-refractivity contribution is 5.45. The maximum absolute atomic E-state index is 13.3. The van der Waals surface area contributed by atoms with Gasteiger partial charge in [-0.2, -0.15) is 0 Å². The molecule has 0 bridgehead atoms. The van der Waals surface area contributed by atoms with E-state index in [0.29, 0.717) is 18.9 Å². The third-order valence-corrected chi connectivity index (χ3v) is 4.56. The van der Waals surface area contributed by atoms with Gasteiger partial charge >= 0.3 is 0 Å². The molecule has 3 rings (SSSR count). The molecule has 3 nitrogen and oxygen atoms in total. The summed E-state index contributed by atoms with van der Waals surface area (Å²) in [6, 6.07) is 3.53. The van der Waals surface area contributed by atoms with Crippen LogP contribution in [0.5, 0.6) is 0 Å². The zero-order valence-corrected chi connectivity index (χ0v) is 11.2. The summed E-state index contributed by atoms with van der Waals surface area (Å²) in [7, 11) is 0. The Hall–Kier alpha value is -1.20. The third-order valence-electron chi connectivity index (χ3n) is 4.56. The number of benzene rings is 1. The Bertz CT molecular complexity index is 495. The number of halogens is 2. The molecule has 2 fully saturated rings. The predicted molar refractivity (Wildman–Crippen MR) is 71.5 cm³/mol. The van der Waals surface area contributed by atoms with Gasteiger partial charge in [0.2, 0.25) is 0 Å². The average Bonchev–Trinajstić information content (AvgIpc) is 2.43. The lowest BCUT2D eigenvalue weighted by molar-refractivity contribution is -0.148. The highest BCUT2D eigenvalue weighted by Crippen LogP contribution is 2.40. The van der Waals surface area contributed by atoms with Crippen LogP contribution in [0.15, 0.2) is 18.2 Å². The van der Waals surface area contributed by atoms with Crippen molar-refractivity contribution >= 4 is 5.69 Å². The third kappa shape index (κ3) is 2.40. The van der Waals surface area contributed by atoms with Gasteiger partial charge in [-0.3, -0.25) is 0 Å². The molecule has 5 heteroatoms. The SMILES string of the molecule is O[C@@]12COCC[C@@H]1CCC[C@@H]2Nc1ccc(F)c(F)c1. The van der Waals surface area contributed by atoms with Gasteiger partial charge < -0.3 is 15.2 Å². The number of aliphatic hydroxyl groups is 1. The normalized spacial score (nSPS) is 33.5. The summed E-state index contributed by atoms with van der Waals surface area (Å²) in [5, 5.41) is 14.0. The molecule has 3 atom stereocenters.